The molecule has 2 N–H and O–H groups in total. The van der Waals surface area contributed by atoms with Gasteiger partial charge in [0.1, 0.15) is 5.75 Å². The maximum Gasteiger partial charge on any atom is 0.220 e. The van der Waals surface area contributed by atoms with E-state index in [9.17, 15) is 9.90 Å². The van der Waals surface area contributed by atoms with Crippen molar-refractivity contribution in [3.05, 3.63) is 29.8 Å². The van der Waals surface area contributed by atoms with Crippen molar-refractivity contribution < 1.29 is 14.6 Å². The molecule has 1 aromatic carbocycles. The first-order chi connectivity index (χ1) is 10.1. The molecule has 4 nitrogen and oxygen atoms in total. The fraction of sp³-hybridized carbons (Fsp3) is 0.588. The summed E-state index contributed by atoms with van der Waals surface area (Å²) in [5.41, 5.74) is 1.13. The highest BCUT2D eigenvalue weighted by Crippen LogP contribution is 2.35. The Hall–Kier alpha value is -1.55. The lowest BCUT2D eigenvalue weighted by molar-refractivity contribution is -0.121. The average molecular weight is 291 g/mol. The van der Waals surface area contributed by atoms with Crippen molar-refractivity contribution in [1.82, 2.24) is 5.32 Å². The minimum absolute atomic E-state index is 0.0488. The summed E-state index contributed by atoms with van der Waals surface area (Å²) >= 11 is 0. The zero-order chi connectivity index (χ0) is 15.2. The number of para-hydroxylation sites is 1. The van der Waals surface area contributed by atoms with Crippen molar-refractivity contribution >= 4 is 5.91 Å². The lowest BCUT2D eigenvalue weighted by Gasteiger charge is -2.25. The van der Waals surface area contributed by atoms with Crippen LogP contribution in [0.1, 0.15) is 44.6 Å². The van der Waals surface area contributed by atoms with Crippen molar-refractivity contribution in [2.24, 2.45) is 5.92 Å². The molecular weight excluding hydrogens is 266 g/mol. The molecule has 2 atom stereocenters. The van der Waals surface area contributed by atoms with Crippen LogP contribution in [0.25, 0.3) is 0 Å². The molecule has 0 radical (unpaired) electrons. The molecule has 0 aromatic heterocycles. The number of hydrogen-bond donors (Lipinski definition) is 2. The van der Waals surface area contributed by atoms with E-state index in [1.54, 1.807) is 0 Å². The van der Waals surface area contributed by atoms with Crippen molar-refractivity contribution in [2.75, 3.05) is 13.2 Å². The van der Waals surface area contributed by atoms with E-state index in [0.29, 0.717) is 26.0 Å². The molecule has 0 saturated heterocycles. The Kier molecular flexibility index (Phi) is 5.62. The molecule has 0 spiro atoms. The summed E-state index contributed by atoms with van der Waals surface area (Å²) in [5, 5.41) is 12.6. The van der Waals surface area contributed by atoms with Crippen LogP contribution in [0.3, 0.4) is 0 Å². The number of nitrogens with one attached hydrogen (secondary N) is 1. The molecule has 0 aliphatic carbocycles. The number of ether oxygens (including phenoxy) is 1. The van der Waals surface area contributed by atoms with Crippen LogP contribution < -0.4 is 10.1 Å². The van der Waals surface area contributed by atoms with E-state index in [-0.39, 0.29) is 23.8 Å². The number of carbonyl (C=O) groups is 1. The summed E-state index contributed by atoms with van der Waals surface area (Å²) in [6.07, 6.45) is 1.61. The zero-order valence-electron chi connectivity index (χ0n) is 12.8. The molecule has 1 heterocycles. The molecule has 1 aliphatic heterocycles. The van der Waals surface area contributed by atoms with E-state index in [2.05, 4.69) is 5.32 Å². The lowest BCUT2D eigenvalue weighted by Crippen LogP contribution is -2.30. The van der Waals surface area contributed by atoms with Crippen LogP contribution in [0.15, 0.2) is 24.3 Å². The first-order valence-electron chi connectivity index (χ1n) is 7.74. The summed E-state index contributed by atoms with van der Waals surface area (Å²) in [5.74, 6) is 1.40. The predicted octanol–water partition coefficient (Wildman–Crippen LogP) is 2.47. The number of amides is 1. The quantitative estimate of drug-likeness (QED) is 0.846. The molecule has 0 fully saturated rings. The van der Waals surface area contributed by atoms with Crippen LogP contribution in [0, 0.1) is 5.92 Å². The van der Waals surface area contributed by atoms with Crippen LogP contribution in [0.5, 0.6) is 5.75 Å². The van der Waals surface area contributed by atoms with E-state index in [4.69, 9.17) is 4.74 Å². The summed E-state index contributed by atoms with van der Waals surface area (Å²) in [6.45, 7) is 5.15. The number of rotatable bonds is 6. The second kappa shape index (κ2) is 7.46. The number of aliphatic hydroxyl groups excluding tert-OH is 1. The maximum absolute atomic E-state index is 12.0. The SMILES string of the molecule is CC(C)C(O)CCNC(=O)CC1CCOc2ccccc21. The zero-order valence-corrected chi connectivity index (χ0v) is 12.8. The minimum atomic E-state index is -0.353. The van der Waals surface area contributed by atoms with Gasteiger partial charge in [-0.2, -0.15) is 0 Å². The fourth-order valence-electron chi connectivity index (χ4n) is 2.62. The molecule has 1 aromatic rings. The molecular formula is C17H25NO3. The van der Waals surface area contributed by atoms with Crippen LogP contribution in [0.2, 0.25) is 0 Å². The number of hydrogen-bond acceptors (Lipinski definition) is 3. The average Bonchev–Trinajstić information content (AvgIpc) is 2.47. The van der Waals surface area contributed by atoms with Gasteiger partial charge in [-0.25, -0.2) is 0 Å². The normalized spacial score (nSPS) is 18.8. The van der Waals surface area contributed by atoms with Crippen LogP contribution >= 0.6 is 0 Å². The Balaban J connectivity index is 1.81. The monoisotopic (exact) mass is 291 g/mol. The summed E-state index contributed by atoms with van der Waals surface area (Å²) in [6, 6.07) is 7.93. The molecule has 2 rings (SSSR count). The smallest absolute Gasteiger partial charge is 0.220 e. The van der Waals surface area contributed by atoms with Gasteiger partial charge in [0.25, 0.3) is 0 Å². The van der Waals surface area contributed by atoms with Gasteiger partial charge in [-0.1, -0.05) is 32.0 Å². The first-order valence-corrected chi connectivity index (χ1v) is 7.74. The van der Waals surface area contributed by atoms with E-state index in [1.165, 1.54) is 0 Å². The Morgan fingerprint density at radius 2 is 2.19 bits per heavy atom. The van der Waals surface area contributed by atoms with Gasteiger partial charge in [0.15, 0.2) is 0 Å². The molecule has 0 saturated carbocycles. The predicted molar refractivity (Wildman–Crippen MR) is 82.4 cm³/mol. The Bertz CT molecular complexity index is 473. The third kappa shape index (κ3) is 4.46. The second-order valence-corrected chi connectivity index (χ2v) is 6.03. The van der Waals surface area contributed by atoms with Gasteiger partial charge in [-0.15, -0.1) is 0 Å². The summed E-state index contributed by atoms with van der Waals surface area (Å²) in [4.78, 5) is 12.0. The molecule has 2 unspecified atom stereocenters. The number of benzene rings is 1. The maximum atomic E-state index is 12.0. The van der Waals surface area contributed by atoms with Gasteiger partial charge in [-0.05, 0) is 36.3 Å². The van der Waals surface area contributed by atoms with Gasteiger partial charge >= 0.3 is 0 Å². The lowest BCUT2D eigenvalue weighted by atomic mass is 9.90. The molecule has 21 heavy (non-hydrogen) atoms. The second-order valence-electron chi connectivity index (χ2n) is 6.03. The standard InChI is InChI=1S/C17H25NO3/c1-12(2)15(19)7-9-18-17(20)11-13-8-10-21-16-6-4-3-5-14(13)16/h3-6,12-13,15,19H,7-11H2,1-2H3,(H,18,20). The molecule has 4 heteroatoms. The van der Waals surface area contributed by atoms with E-state index >= 15 is 0 Å². The van der Waals surface area contributed by atoms with Crippen LogP contribution in [-0.2, 0) is 4.79 Å². The fourth-order valence-corrected chi connectivity index (χ4v) is 2.62. The largest absolute Gasteiger partial charge is 0.493 e. The Labute approximate surface area is 126 Å². The van der Waals surface area contributed by atoms with Gasteiger partial charge in [-0.3, -0.25) is 4.79 Å². The van der Waals surface area contributed by atoms with Crippen LogP contribution in [0.4, 0.5) is 0 Å². The van der Waals surface area contributed by atoms with Crippen molar-refractivity contribution in [3.8, 4) is 5.75 Å². The van der Waals surface area contributed by atoms with Gasteiger partial charge in [0.05, 0.1) is 12.7 Å². The summed E-state index contributed by atoms with van der Waals surface area (Å²) in [7, 11) is 0. The number of fused-ring (bicyclic) bond motifs is 1. The number of aliphatic hydroxyl groups is 1. The highest BCUT2D eigenvalue weighted by molar-refractivity contribution is 5.77. The topological polar surface area (TPSA) is 58.6 Å². The third-order valence-corrected chi connectivity index (χ3v) is 4.05. The van der Waals surface area contributed by atoms with Crippen molar-refractivity contribution in [3.63, 3.8) is 0 Å². The van der Waals surface area contributed by atoms with Gasteiger partial charge in [0, 0.05) is 13.0 Å². The molecule has 1 amide bonds. The molecule has 116 valence electrons. The highest BCUT2D eigenvalue weighted by Gasteiger charge is 2.23. The Morgan fingerprint density at radius 3 is 2.95 bits per heavy atom. The highest BCUT2D eigenvalue weighted by atomic mass is 16.5. The first kappa shape index (κ1) is 15.8. The Morgan fingerprint density at radius 1 is 1.43 bits per heavy atom. The van der Waals surface area contributed by atoms with Gasteiger partial charge < -0.3 is 15.2 Å². The van der Waals surface area contributed by atoms with E-state index in [0.717, 1.165) is 17.7 Å². The molecule has 0 bridgehead atoms. The van der Waals surface area contributed by atoms with Crippen LogP contribution in [-0.4, -0.2) is 30.3 Å². The number of carbonyl (C=O) groups excluding carboxylic acids is 1. The van der Waals surface area contributed by atoms with E-state index in [1.807, 2.05) is 38.1 Å². The minimum Gasteiger partial charge on any atom is -0.493 e. The summed E-state index contributed by atoms with van der Waals surface area (Å²) < 4.78 is 5.61. The van der Waals surface area contributed by atoms with Gasteiger partial charge in [0.2, 0.25) is 5.91 Å². The molecule has 1 aliphatic rings. The van der Waals surface area contributed by atoms with Crippen molar-refractivity contribution in [1.29, 1.82) is 0 Å². The van der Waals surface area contributed by atoms with E-state index < -0.39 is 0 Å². The third-order valence-electron chi connectivity index (χ3n) is 4.05. The van der Waals surface area contributed by atoms with Crippen molar-refractivity contribution in [2.45, 2.75) is 45.1 Å².